The molecule has 0 saturated carbocycles. The number of phenolic OH excluding ortho intramolecular Hbond substituents is 5. The van der Waals surface area contributed by atoms with Crippen LogP contribution < -0.4 is 9.47 Å². The fourth-order valence-electron chi connectivity index (χ4n) is 14.0. The molecule has 0 aliphatic carbocycles. The van der Waals surface area contributed by atoms with E-state index in [-0.39, 0.29) is 27.7 Å². The maximum atomic E-state index is 10.4. The number of aromatic hydroxyl groups is 5. The van der Waals surface area contributed by atoms with E-state index in [1.165, 1.54) is 44.2 Å². The number of ether oxygens (including phenoxy) is 2. The Labute approximate surface area is 586 Å². The standard InChI is InChI=1S/C20H25N3O.C16H17N3O2.C16H17N3O.C15H15N3O2.C13H11N3O/c1-19(2,3)13-20(4,5)14-10-11-18(24)17(12-14)23-21-15-8-6-7-9-16(15)22(21)23;1-2-3-10-21-12-8-9-16(20)15(11-12)19-17-13-6-4-5-7-14(13)18(17)19;1-16(2,3)11-8-9-15(20)14(10-11)19-17-12-6-4-5-7-13(12)18(17)19;1-2-9-20-11-7-8-15(19)14(10-11)18-16-12-5-3-4-6-13(12)17(16)18;1-9-6-7-13(17)12(8-9)16-14-10-4-2-3-5-11(10)15(14)16/h6-12,24H,13H2,1-5H3;4-9,11,20H,2-3,10H2,1H3;4-10,20H,1-3H3;3-8,10,19H,2,9H2,1H3;2-8,17H,1H3. The molecule has 0 fully saturated rings. The first kappa shape index (κ1) is 64.5. The zero-order valence-electron chi connectivity index (χ0n) is 59.2. The minimum Gasteiger partial charge on any atom is -0.506 e. The summed E-state index contributed by atoms with van der Waals surface area (Å²) in [6, 6.07) is 69.0. The molecule has 22 nitrogen and oxygen atoms in total. The van der Waals surface area contributed by atoms with Gasteiger partial charge in [0.05, 0.1) is 13.2 Å². The number of unbranched alkanes of at least 4 members (excludes halogenated alkanes) is 1. The molecule has 0 aliphatic heterocycles. The van der Waals surface area contributed by atoms with E-state index in [0.29, 0.717) is 30.5 Å². The Bertz CT molecular complexity index is 6020. The highest BCUT2D eigenvalue weighted by Crippen LogP contribution is 2.41. The second kappa shape index (κ2) is 24.0. The average molecular weight is 1370 g/mol. The van der Waals surface area contributed by atoms with E-state index in [1.54, 1.807) is 36.4 Å². The molecule has 522 valence electrons. The van der Waals surface area contributed by atoms with Gasteiger partial charge in [-0.1, -0.05) is 155 Å². The summed E-state index contributed by atoms with van der Waals surface area (Å²) < 4.78 is 31.7. The number of aromatic nitrogens is 15. The largest absolute Gasteiger partial charge is 0.506 e. The number of rotatable bonds is 14. The van der Waals surface area contributed by atoms with Gasteiger partial charge < -0.3 is 35.0 Å². The Hall–Kier alpha value is -12.2. The summed E-state index contributed by atoms with van der Waals surface area (Å²) in [4.78, 5) is 9.85. The molecule has 0 bridgehead atoms. The molecule has 0 unspecified atom stereocenters. The van der Waals surface area contributed by atoms with E-state index in [9.17, 15) is 25.5 Å². The van der Waals surface area contributed by atoms with Crippen LogP contribution in [0.5, 0.6) is 40.2 Å². The van der Waals surface area contributed by atoms with Gasteiger partial charge in [-0.15, -0.1) is 70.3 Å². The van der Waals surface area contributed by atoms with Gasteiger partial charge in [0.15, 0.2) is 0 Å². The summed E-state index contributed by atoms with van der Waals surface area (Å²) in [5, 5.41) is 50.6. The van der Waals surface area contributed by atoms with Crippen molar-refractivity contribution in [3.63, 3.8) is 0 Å². The summed E-state index contributed by atoms with van der Waals surface area (Å²) in [6.07, 6.45) is 4.18. The third-order valence-corrected chi connectivity index (χ3v) is 19.0. The summed E-state index contributed by atoms with van der Waals surface area (Å²) in [5.41, 5.74) is 19.6. The topological polar surface area (TPSA) is 188 Å². The highest BCUT2D eigenvalue weighted by molar-refractivity contribution is 5.83. The lowest BCUT2D eigenvalue weighted by Crippen LogP contribution is -2.24. The van der Waals surface area contributed by atoms with Gasteiger partial charge in [-0.05, 0) is 180 Å². The molecule has 0 amide bonds. The van der Waals surface area contributed by atoms with Crippen LogP contribution in [0, 0.1) is 12.3 Å². The summed E-state index contributed by atoms with van der Waals surface area (Å²) >= 11 is 0. The monoisotopic (exact) mass is 1370 g/mol. The van der Waals surface area contributed by atoms with E-state index in [1.807, 2.05) is 162 Å². The fourth-order valence-corrected chi connectivity index (χ4v) is 14.0. The number of benzene rings is 10. The van der Waals surface area contributed by atoms with Crippen LogP contribution in [-0.2, 0) is 10.8 Å². The van der Waals surface area contributed by atoms with Crippen LogP contribution in [0.4, 0.5) is 0 Å². The first-order chi connectivity index (χ1) is 49.1. The smallest absolute Gasteiger partial charge is 0.143 e. The van der Waals surface area contributed by atoms with Crippen LogP contribution in [0.15, 0.2) is 212 Å². The van der Waals surface area contributed by atoms with Crippen molar-refractivity contribution in [3.8, 4) is 68.7 Å². The van der Waals surface area contributed by atoms with Gasteiger partial charge >= 0.3 is 0 Å². The van der Waals surface area contributed by atoms with Crippen LogP contribution in [0.3, 0.4) is 0 Å². The van der Waals surface area contributed by atoms with Gasteiger partial charge in [-0.25, -0.2) is 0 Å². The number of fused-ring (bicyclic) bond motifs is 20. The maximum absolute atomic E-state index is 10.4. The van der Waals surface area contributed by atoms with E-state index in [2.05, 4.69) is 161 Å². The molecule has 0 aliphatic rings. The molecule has 0 spiro atoms. The van der Waals surface area contributed by atoms with Crippen molar-refractivity contribution in [3.05, 3.63) is 229 Å². The molecule has 0 radical (unpaired) electrons. The molecule has 10 aromatic heterocycles. The van der Waals surface area contributed by atoms with Gasteiger partial charge in [0.2, 0.25) is 0 Å². The lowest BCUT2D eigenvalue weighted by molar-refractivity contribution is 0.284. The first-order valence-electron chi connectivity index (χ1n) is 34.9. The second-order valence-corrected chi connectivity index (χ2v) is 29.4. The van der Waals surface area contributed by atoms with Gasteiger partial charge in [-0.3, -0.25) is 0 Å². The van der Waals surface area contributed by atoms with Gasteiger partial charge in [0, 0.05) is 12.1 Å². The fraction of sp³-hybridized carbons (Fsp3) is 0.250. The van der Waals surface area contributed by atoms with Gasteiger partial charge in [-0.2, -0.15) is 0 Å². The summed E-state index contributed by atoms with van der Waals surface area (Å²) in [7, 11) is 0. The Morgan fingerprint density at radius 1 is 0.304 bits per heavy atom. The number of aryl methyl sites for hydroxylation is 1. The third-order valence-electron chi connectivity index (χ3n) is 19.0. The zero-order valence-corrected chi connectivity index (χ0v) is 59.2. The third kappa shape index (κ3) is 11.0. The number of para-hydroxylation sites is 10. The molecule has 102 heavy (non-hydrogen) atoms. The number of hydrogen-bond acceptors (Lipinski definition) is 7. The van der Waals surface area contributed by atoms with Crippen LogP contribution >= 0.6 is 0 Å². The molecule has 5 N–H and O–H groups in total. The predicted octanol–water partition coefficient (Wildman–Crippen LogP) is 16.9. The Morgan fingerprint density at radius 2 is 0.578 bits per heavy atom. The van der Waals surface area contributed by atoms with Crippen molar-refractivity contribution in [2.24, 2.45) is 5.41 Å². The predicted molar refractivity (Wildman–Crippen MR) is 399 cm³/mol. The van der Waals surface area contributed by atoms with Crippen molar-refractivity contribution in [2.45, 2.75) is 113 Å². The van der Waals surface area contributed by atoms with Crippen LogP contribution in [0.2, 0.25) is 0 Å². The van der Waals surface area contributed by atoms with E-state index < -0.39 is 0 Å². The SMILES string of the molecule is CC(C)(C)CC(C)(C)c1ccc(O)c(-n2n3c4ccccc4n23)c1.CC(C)(C)c1ccc(O)c(-n2n3c4ccccc4n23)c1.CCCCOc1ccc(O)c(-n2n3c4ccccc4n23)c1.CCCOc1ccc(O)c(-n2n3c4ccccc4n23)c1.Cc1ccc(O)c(-n2n3c4ccccc4n23)c1. The molecular weight excluding hydrogens is 1280 g/mol. The number of phenols is 5. The highest BCUT2D eigenvalue weighted by atomic mass is 16.5. The van der Waals surface area contributed by atoms with Crippen LogP contribution in [0.1, 0.15) is 112 Å². The summed E-state index contributed by atoms with van der Waals surface area (Å²) in [5.74, 6) is 2.97. The van der Waals surface area contributed by atoms with Crippen molar-refractivity contribution >= 4 is 55.2 Å². The molecule has 10 aromatic carbocycles. The van der Waals surface area contributed by atoms with Crippen molar-refractivity contribution in [1.82, 2.24) is 70.3 Å². The van der Waals surface area contributed by atoms with Crippen molar-refractivity contribution < 1.29 is 35.0 Å². The van der Waals surface area contributed by atoms with E-state index >= 15 is 0 Å². The first-order valence-corrected chi connectivity index (χ1v) is 34.9. The lowest BCUT2D eigenvalue weighted by atomic mass is 9.72. The minimum absolute atomic E-state index is 0.0489. The van der Waals surface area contributed by atoms with E-state index in [0.717, 1.165) is 93.2 Å². The van der Waals surface area contributed by atoms with Crippen LogP contribution in [-0.4, -0.2) is 109 Å². The van der Waals surface area contributed by atoms with Crippen LogP contribution in [0.25, 0.3) is 83.6 Å². The molecule has 20 rings (SSSR count). The number of hydrogen-bond donors (Lipinski definition) is 5. The Morgan fingerprint density at radius 3 is 0.882 bits per heavy atom. The normalized spacial score (nSPS) is 12.5. The van der Waals surface area contributed by atoms with Gasteiger partial charge in [0.1, 0.15) is 124 Å². The molecule has 20 aromatic rings. The summed E-state index contributed by atoms with van der Waals surface area (Å²) in [6.45, 7) is 25.5. The van der Waals surface area contributed by atoms with E-state index in [4.69, 9.17) is 9.47 Å². The van der Waals surface area contributed by atoms with Crippen molar-refractivity contribution in [2.75, 3.05) is 13.2 Å². The highest BCUT2D eigenvalue weighted by Gasteiger charge is 2.33. The second-order valence-electron chi connectivity index (χ2n) is 29.4. The minimum atomic E-state index is 0.0489. The zero-order chi connectivity index (χ0) is 71.0. The number of nitrogens with zero attached hydrogens (tertiary/aromatic N) is 15. The Kier molecular flexibility index (Phi) is 15.2. The molecule has 22 heteroatoms. The molecular formula is C80H85N15O7. The van der Waals surface area contributed by atoms with Gasteiger partial charge in [0.25, 0.3) is 0 Å². The molecule has 0 atom stereocenters. The Balaban J connectivity index is 0.0000000990. The van der Waals surface area contributed by atoms with Crippen molar-refractivity contribution in [1.29, 1.82) is 0 Å². The molecule has 0 saturated heterocycles. The molecule has 10 heterocycles. The lowest BCUT2D eigenvalue weighted by Gasteiger charge is -2.33. The quantitative estimate of drug-likeness (QED) is 0.0670. The maximum Gasteiger partial charge on any atom is 0.143 e. The average Bonchev–Trinajstić information content (AvgIpc) is 1.55.